The molecule has 8 heterocycles. The standard InChI is InChI=1S/C19H19FN6O4.C16H21BFNO5.C9H10BrN5O.C4H8O2/c1-29-11-25-9-18(23-24-25)22-17-5-2-12(7-21-17)15-4-3-13(6-16(15)20)26-8-14(10-27)30-19(26)28;1-15(2)16(3,4)24-17(23-15)12-6-5-10(7-13(12)18)19-8-11(9-20)22-14(19)21;1-16-6-15-5-9(13-14-15)12-8-3-2-7(10)4-11-8;1-2-6-4-3-5-1/h2-7,9,14,27H,8,10-11H2,1H3,(H,21,22);5-7,11,20H,8-9H2,1-4H3;2-5H,6H2,1H3,(H,11,12);1-4H2. The number of nitrogens with zero attached hydrogens (tertiary/aromatic N) is 10. The van der Waals surface area contributed by atoms with E-state index in [0.717, 1.165) is 30.9 Å². The van der Waals surface area contributed by atoms with E-state index in [1.807, 2.05) is 39.8 Å². The number of halogens is 3. The van der Waals surface area contributed by atoms with Crippen molar-refractivity contribution in [3.05, 3.63) is 102 Å². The van der Waals surface area contributed by atoms with E-state index in [1.165, 1.54) is 32.8 Å². The van der Waals surface area contributed by atoms with E-state index in [0.29, 0.717) is 52.5 Å². The van der Waals surface area contributed by atoms with E-state index in [2.05, 4.69) is 57.2 Å². The number of carbonyl (C=O) groups excluding carboxylic acids is 2. The smallest absolute Gasteiger partial charge is 0.441 e. The number of methoxy groups -OCH3 is 2. The van der Waals surface area contributed by atoms with Crippen LogP contribution in [0.2, 0.25) is 0 Å². The van der Waals surface area contributed by atoms with Crippen molar-refractivity contribution in [3.63, 3.8) is 0 Å². The normalized spacial score (nSPS) is 18.4. The van der Waals surface area contributed by atoms with Crippen molar-refractivity contribution < 1.29 is 66.3 Å². The number of hydrogen-bond donors (Lipinski definition) is 4. The molecule has 6 aromatic rings. The van der Waals surface area contributed by atoms with E-state index in [-0.39, 0.29) is 38.5 Å². The van der Waals surface area contributed by atoms with E-state index >= 15 is 0 Å². The fourth-order valence-corrected chi connectivity index (χ4v) is 7.52. The van der Waals surface area contributed by atoms with Gasteiger partial charge in [-0.15, -0.1) is 10.2 Å². The number of cyclic esters (lactones) is 2. The zero-order valence-corrected chi connectivity index (χ0v) is 44.1. The Hall–Kier alpha value is -6.76. The zero-order chi connectivity index (χ0) is 54.4. The molecule has 10 rings (SSSR count). The largest absolute Gasteiger partial charge is 0.497 e. The highest BCUT2D eigenvalue weighted by Crippen LogP contribution is 2.37. The van der Waals surface area contributed by atoms with E-state index in [9.17, 15) is 18.4 Å². The van der Waals surface area contributed by atoms with E-state index in [1.54, 1.807) is 73.9 Å². The summed E-state index contributed by atoms with van der Waals surface area (Å²) >= 11 is 3.32. The molecule has 2 atom stereocenters. The first-order valence-corrected chi connectivity index (χ1v) is 24.5. The van der Waals surface area contributed by atoms with E-state index in [4.69, 9.17) is 47.9 Å². The minimum Gasteiger partial charge on any atom is -0.441 e. The molecule has 4 fully saturated rings. The molecule has 2 unspecified atom stereocenters. The van der Waals surface area contributed by atoms with Gasteiger partial charge in [0.05, 0.1) is 87.7 Å². The summed E-state index contributed by atoms with van der Waals surface area (Å²) in [7, 11) is 2.36. The van der Waals surface area contributed by atoms with Gasteiger partial charge >= 0.3 is 19.3 Å². The van der Waals surface area contributed by atoms with Gasteiger partial charge in [0.1, 0.15) is 48.9 Å². The molecule has 0 bridgehead atoms. The number of anilines is 6. The van der Waals surface area contributed by atoms with Crippen LogP contribution in [0, 0.1) is 11.6 Å². The number of aliphatic hydroxyl groups is 2. The summed E-state index contributed by atoms with van der Waals surface area (Å²) in [5, 5.41) is 39.9. The monoisotopic (exact) mass is 1120 g/mol. The average molecular weight is 1120 g/mol. The van der Waals surface area contributed by atoms with Crippen molar-refractivity contribution >= 4 is 75.3 Å². The van der Waals surface area contributed by atoms with Crippen molar-refractivity contribution in [1.82, 2.24) is 40.0 Å². The number of rotatable bonds is 14. The van der Waals surface area contributed by atoms with Crippen molar-refractivity contribution in [2.75, 3.05) is 87.4 Å². The Bertz CT molecular complexity index is 2820. The minimum atomic E-state index is -0.806. The average Bonchev–Trinajstić information content (AvgIpc) is 4.26. The highest BCUT2D eigenvalue weighted by Gasteiger charge is 2.52. The zero-order valence-electron chi connectivity index (χ0n) is 42.5. The first kappa shape index (κ1) is 57.0. The Kier molecular flexibility index (Phi) is 19.7. The molecule has 406 valence electrons. The molecule has 2 amide bonds. The van der Waals surface area contributed by atoms with Crippen LogP contribution >= 0.6 is 15.9 Å². The molecule has 4 saturated heterocycles. The van der Waals surface area contributed by atoms with Gasteiger partial charge in [0.2, 0.25) is 0 Å². The van der Waals surface area contributed by atoms with Gasteiger partial charge in [-0.1, -0.05) is 16.5 Å². The van der Waals surface area contributed by atoms with Gasteiger partial charge in [0, 0.05) is 47.7 Å². The minimum absolute atomic E-state index is 0.172. The molecular formula is C48H58BBrF2N12O12. The van der Waals surface area contributed by atoms with Crippen molar-refractivity contribution in [3.8, 4) is 11.1 Å². The number of aromatic nitrogens is 8. The Morgan fingerprint density at radius 3 is 1.58 bits per heavy atom. The molecule has 4 N–H and O–H groups in total. The summed E-state index contributed by atoms with van der Waals surface area (Å²) in [4.78, 5) is 34.7. The SMILES string of the molecule is C1COCCO1.CC1(C)OB(c2ccc(N3CC(CO)OC3=O)cc2F)OC1(C)C.COCn1cc(Nc2ccc(-c3ccc(N4CC(CO)OC4=O)cc3F)cn2)nn1.COCn1cc(Nc2ccc(Br)cn2)nn1. The molecule has 0 radical (unpaired) electrons. The first-order valence-electron chi connectivity index (χ1n) is 23.7. The molecule has 4 aliphatic rings. The fourth-order valence-electron chi connectivity index (χ4n) is 7.29. The fraction of sp³-hybridized carbons (Fsp3) is 0.417. The van der Waals surface area contributed by atoms with Crippen LogP contribution < -0.4 is 25.9 Å². The lowest BCUT2D eigenvalue weighted by molar-refractivity contribution is -0.0334. The molecule has 76 heavy (non-hydrogen) atoms. The quantitative estimate of drug-likeness (QED) is 0.0994. The van der Waals surface area contributed by atoms with Gasteiger partial charge in [0.25, 0.3) is 0 Å². The molecule has 0 spiro atoms. The highest BCUT2D eigenvalue weighted by atomic mass is 79.9. The highest BCUT2D eigenvalue weighted by molar-refractivity contribution is 9.10. The van der Waals surface area contributed by atoms with Crippen molar-refractivity contribution in [2.24, 2.45) is 0 Å². The number of pyridine rings is 2. The summed E-state index contributed by atoms with van der Waals surface area (Å²) in [5.41, 5.74) is 0.811. The summed E-state index contributed by atoms with van der Waals surface area (Å²) in [6, 6.07) is 16.0. The lowest BCUT2D eigenvalue weighted by Gasteiger charge is -2.32. The van der Waals surface area contributed by atoms with Crippen LogP contribution in [0.15, 0.2) is 89.9 Å². The summed E-state index contributed by atoms with van der Waals surface area (Å²) in [6.07, 6.45) is 4.24. The molecule has 24 nitrogen and oxygen atoms in total. The van der Waals surface area contributed by atoms with Gasteiger partial charge in [-0.2, -0.15) is 0 Å². The van der Waals surface area contributed by atoms with Crippen molar-refractivity contribution in [2.45, 2.75) is 64.6 Å². The predicted molar refractivity (Wildman–Crippen MR) is 275 cm³/mol. The van der Waals surface area contributed by atoms with Crippen LogP contribution in [0.25, 0.3) is 11.1 Å². The molecule has 4 aliphatic heterocycles. The lowest BCUT2D eigenvalue weighted by atomic mass is 9.78. The Labute approximate surface area is 444 Å². The summed E-state index contributed by atoms with van der Waals surface area (Å²) in [6.45, 7) is 11.2. The maximum Gasteiger partial charge on any atom is 0.497 e. The van der Waals surface area contributed by atoms with Gasteiger partial charge in [0.15, 0.2) is 11.6 Å². The number of hydrogen-bond acceptors (Lipinski definition) is 20. The molecular weight excluding hydrogens is 1070 g/mol. The Balaban J connectivity index is 0.000000163. The van der Waals surface area contributed by atoms with Crippen LogP contribution in [0.3, 0.4) is 0 Å². The summed E-state index contributed by atoms with van der Waals surface area (Å²) in [5.74, 6) is 1.35. The van der Waals surface area contributed by atoms with Gasteiger partial charge in [-0.3, -0.25) is 9.80 Å². The third-order valence-electron chi connectivity index (χ3n) is 11.9. The number of aliphatic hydroxyl groups excluding tert-OH is 2. The third-order valence-corrected chi connectivity index (χ3v) is 12.3. The van der Waals surface area contributed by atoms with Crippen LogP contribution in [0.4, 0.5) is 53.0 Å². The molecule has 4 aromatic heterocycles. The Morgan fingerprint density at radius 2 is 1.17 bits per heavy atom. The second kappa shape index (κ2) is 26.3. The van der Waals surface area contributed by atoms with Crippen molar-refractivity contribution in [1.29, 1.82) is 0 Å². The number of benzene rings is 2. The second-order valence-corrected chi connectivity index (χ2v) is 18.9. The number of carbonyl (C=O) groups is 2. The number of ether oxygens (including phenoxy) is 6. The van der Waals surface area contributed by atoms with Gasteiger partial charge < -0.3 is 58.6 Å². The molecule has 28 heteroatoms. The van der Waals surface area contributed by atoms with Gasteiger partial charge in [-0.05, 0) is 98.2 Å². The molecule has 0 saturated carbocycles. The Morgan fingerprint density at radius 1 is 0.684 bits per heavy atom. The van der Waals surface area contributed by atoms with Gasteiger partial charge in [-0.25, -0.2) is 37.7 Å². The van der Waals surface area contributed by atoms with Crippen LogP contribution in [-0.4, -0.2) is 160 Å². The predicted octanol–water partition coefficient (Wildman–Crippen LogP) is 5.40. The van der Waals surface area contributed by atoms with Crippen LogP contribution in [-0.2, 0) is 51.2 Å². The second-order valence-electron chi connectivity index (χ2n) is 17.9. The maximum atomic E-state index is 14.7. The van der Waals surface area contributed by atoms with Crippen LogP contribution in [0.1, 0.15) is 27.7 Å². The topological polar surface area (TPSA) is 266 Å². The van der Waals surface area contributed by atoms with Crippen LogP contribution in [0.5, 0.6) is 0 Å². The first-order chi connectivity index (χ1) is 36.5. The maximum absolute atomic E-state index is 14.7. The lowest BCUT2D eigenvalue weighted by Crippen LogP contribution is -2.41. The number of amides is 2. The third kappa shape index (κ3) is 15.0. The summed E-state index contributed by atoms with van der Waals surface area (Å²) < 4.78 is 74.8. The molecule has 0 aliphatic carbocycles. The van der Waals surface area contributed by atoms with E-state index < -0.39 is 54.3 Å². The number of nitrogens with one attached hydrogen (secondary N) is 2. The molecule has 2 aromatic carbocycles.